The summed E-state index contributed by atoms with van der Waals surface area (Å²) in [5.41, 5.74) is 7.19. The Bertz CT molecular complexity index is 427. The molecule has 0 amide bonds. The quantitative estimate of drug-likeness (QED) is 0.475. The van der Waals surface area contributed by atoms with Gasteiger partial charge in [-0.3, -0.25) is 4.99 Å². The van der Waals surface area contributed by atoms with Crippen LogP contribution in [-0.4, -0.2) is 43.6 Å². The molecule has 6 heteroatoms. The molecule has 1 heterocycles. The number of hydrogen-bond donors (Lipinski definition) is 1. The third-order valence-electron chi connectivity index (χ3n) is 3.29. The Kier molecular flexibility index (Phi) is 7.43. The van der Waals surface area contributed by atoms with Crippen LogP contribution in [0.25, 0.3) is 0 Å². The van der Waals surface area contributed by atoms with E-state index in [-0.39, 0.29) is 24.0 Å². The molecule has 20 heavy (non-hydrogen) atoms. The van der Waals surface area contributed by atoms with Crippen molar-refractivity contribution < 1.29 is 0 Å². The largest absolute Gasteiger partial charge is 0.370 e. The van der Waals surface area contributed by atoms with Crippen LogP contribution in [0.15, 0.2) is 29.3 Å². The van der Waals surface area contributed by atoms with Crippen LogP contribution < -0.4 is 10.6 Å². The highest BCUT2D eigenvalue weighted by Gasteiger charge is 2.18. The SMILES string of the molecule is CCCN=C(N)N1CCN(c2ccc(Cl)cc2)CC1.I. The van der Waals surface area contributed by atoms with Gasteiger partial charge >= 0.3 is 0 Å². The summed E-state index contributed by atoms with van der Waals surface area (Å²) in [6.45, 7) is 6.68. The summed E-state index contributed by atoms with van der Waals surface area (Å²) in [6.07, 6.45) is 1.03. The first-order valence-electron chi connectivity index (χ1n) is 6.76. The number of benzene rings is 1. The summed E-state index contributed by atoms with van der Waals surface area (Å²) in [5, 5.41) is 0.776. The van der Waals surface area contributed by atoms with Gasteiger partial charge in [-0.25, -0.2) is 0 Å². The fourth-order valence-electron chi connectivity index (χ4n) is 2.17. The minimum atomic E-state index is 0. The van der Waals surface area contributed by atoms with Gasteiger partial charge in [0.2, 0.25) is 0 Å². The molecule has 0 saturated carbocycles. The maximum atomic E-state index is 5.98. The summed E-state index contributed by atoms with van der Waals surface area (Å²) >= 11 is 5.90. The Morgan fingerprint density at radius 3 is 2.35 bits per heavy atom. The van der Waals surface area contributed by atoms with E-state index in [2.05, 4.69) is 33.8 Å². The van der Waals surface area contributed by atoms with E-state index < -0.39 is 0 Å². The van der Waals surface area contributed by atoms with Gasteiger partial charge in [0.15, 0.2) is 5.96 Å². The zero-order valence-electron chi connectivity index (χ0n) is 11.8. The predicted molar refractivity (Wildman–Crippen MR) is 97.4 cm³/mol. The lowest BCUT2D eigenvalue weighted by Gasteiger charge is -2.36. The monoisotopic (exact) mass is 408 g/mol. The van der Waals surface area contributed by atoms with Gasteiger partial charge in [-0.1, -0.05) is 18.5 Å². The summed E-state index contributed by atoms with van der Waals surface area (Å²) in [6, 6.07) is 7.99. The van der Waals surface area contributed by atoms with Crippen molar-refractivity contribution in [2.24, 2.45) is 10.7 Å². The topological polar surface area (TPSA) is 44.9 Å². The number of anilines is 1. The van der Waals surface area contributed by atoms with Crippen LogP contribution in [-0.2, 0) is 0 Å². The van der Waals surface area contributed by atoms with Gasteiger partial charge in [-0.05, 0) is 30.7 Å². The lowest BCUT2D eigenvalue weighted by atomic mass is 10.2. The summed E-state index contributed by atoms with van der Waals surface area (Å²) in [5.74, 6) is 0.678. The zero-order valence-corrected chi connectivity index (χ0v) is 14.8. The van der Waals surface area contributed by atoms with Crippen LogP contribution in [0.4, 0.5) is 5.69 Å². The number of nitrogens with zero attached hydrogens (tertiary/aromatic N) is 3. The van der Waals surface area contributed by atoms with Crippen LogP contribution in [0.1, 0.15) is 13.3 Å². The molecule has 1 fully saturated rings. The molecule has 112 valence electrons. The van der Waals surface area contributed by atoms with E-state index in [1.807, 2.05) is 12.1 Å². The van der Waals surface area contributed by atoms with Gasteiger partial charge < -0.3 is 15.5 Å². The normalized spacial score (nSPS) is 16.0. The van der Waals surface area contributed by atoms with Gasteiger partial charge in [0.25, 0.3) is 0 Å². The second-order valence-corrected chi connectivity index (χ2v) is 5.13. The molecule has 0 aliphatic carbocycles. The van der Waals surface area contributed by atoms with E-state index in [1.165, 1.54) is 5.69 Å². The van der Waals surface area contributed by atoms with E-state index in [0.29, 0.717) is 5.96 Å². The number of halogens is 2. The molecule has 2 N–H and O–H groups in total. The van der Waals surface area contributed by atoms with Crippen molar-refractivity contribution in [1.29, 1.82) is 0 Å². The van der Waals surface area contributed by atoms with E-state index in [0.717, 1.165) is 44.2 Å². The van der Waals surface area contributed by atoms with E-state index in [9.17, 15) is 0 Å². The number of guanidine groups is 1. The predicted octanol–water partition coefficient (Wildman–Crippen LogP) is 2.80. The molecule has 0 atom stereocenters. The van der Waals surface area contributed by atoms with E-state index in [1.54, 1.807) is 0 Å². The number of nitrogens with two attached hydrogens (primary N) is 1. The average molecular weight is 409 g/mol. The lowest BCUT2D eigenvalue weighted by molar-refractivity contribution is 0.381. The van der Waals surface area contributed by atoms with Crippen molar-refractivity contribution in [1.82, 2.24) is 4.90 Å². The maximum Gasteiger partial charge on any atom is 0.191 e. The molecule has 1 saturated heterocycles. The molecule has 0 unspecified atom stereocenters. The highest BCUT2D eigenvalue weighted by molar-refractivity contribution is 14.0. The van der Waals surface area contributed by atoms with Crippen molar-refractivity contribution >= 4 is 47.2 Å². The van der Waals surface area contributed by atoms with Crippen LogP contribution >= 0.6 is 35.6 Å². The molecule has 0 bridgehead atoms. The standard InChI is InChI=1S/C14H21ClN4.HI/c1-2-7-17-14(16)19-10-8-18(9-11-19)13-5-3-12(15)4-6-13;/h3-6H,2,7-11H2,1H3,(H2,16,17);1H. The van der Waals surface area contributed by atoms with Gasteiger partial charge in [-0.2, -0.15) is 0 Å². The first kappa shape index (κ1) is 17.4. The Labute approximate surface area is 143 Å². The molecule has 0 spiro atoms. The van der Waals surface area contributed by atoms with Crippen molar-refractivity contribution in [2.45, 2.75) is 13.3 Å². The smallest absolute Gasteiger partial charge is 0.191 e. The van der Waals surface area contributed by atoms with Gasteiger partial charge in [-0.15, -0.1) is 24.0 Å². The minimum absolute atomic E-state index is 0. The lowest BCUT2D eigenvalue weighted by Crippen LogP contribution is -2.51. The molecule has 2 rings (SSSR count). The number of aliphatic imine (C=N–C) groups is 1. The highest BCUT2D eigenvalue weighted by atomic mass is 127. The van der Waals surface area contributed by atoms with Gasteiger partial charge in [0.05, 0.1) is 0 Å². The Morgan fingerprint density at radius 1 is 1.20 bits per heavy atom. The fourth-order valence-corrected chi connectivity index (χ4v) is 2.30. The molecule has 4 nitrogen and oxygen atoms in total. The molecular weight excluding hydrogens is 387 g/mol. The zero-order chi connectivity index (χ0) is 13.7. The van der Waals surface area contributed by atoms with Crippen LogP contribution in [0.2, 0.25) is 5.02 Å². The number of piperazine rings is 1. The third-order valence-corrected chi connectivity index (χ3v) is 3.54. The second kappa shape index (κ2) is 8.56. The summed E-state index contributed by atoms with van der Waals surface area (Å²) < 4.78 is 0. The average Bonchev–Trinajstić information content (AvgIpc) is 2.46. The molecule has 1 aliphatic rings. The van der Waals surface area contributed by atoms with E-state index >= 15 is 0 Å². The molecule has 0 aromatic heterocycles. The van der Waals surface area contributed by atoms with E-state index in [4.69, 9.17) is 17.3 Å². The van der Waals surface area contributed by atoms with Crippen molar-refractivity contribution in [3.8, 4) is 0 Å². The molecule has 1 aromatic carbocycles. The summed E-state index contributed by atoms with van der Waals surface area (Å²) in [4.78, 5) is 8.86. The Hall–Kier alpha value is -0.690. The van der Waals surface area contributed by atoms with Crippen LogP contribution in [0.3, 0.4) is 0 Å². The van der Waals surface area contributed by atoms with Crippen molar-refractivity contribution in [3.05, 3.63) is 29.3 Å². The number of rotatable bonds is 3. The molecule has 1 aliphatic heterocycles. The first-order valence-corrected chi connectivity index (χ1v) is 7.14. The van der Waals surface area contributed by atoms with Crippen molar-refractivity contribution in [2.75, 3.05) is 37.6 Å². The second-order valence-electron chi connectivity index (χ2n) is 4.69. The molecule has 1 aromatic rings. The Morgan fingerprint density at radius 2 is 1.80 bits per heavy atom. The Balaban J connectivity index is 0.00000200. The van der Waals surface area contributed by atoms with Crippen LogP contribution in [0, 0.1) is 0 Å². The third kappa shape index (κ3) is 4.70. The fraction of sp³-hybridized carbons (Fsp3) is 0.500. The van der Waals surface area contributed by atoms with Gasteiger partial charge in [0.1, 0.15) is 0 Å². The maximum absolute atomic E-state index is 5.98. The van der Waals surface area contributed by atoms with Crippen molar-refractivity contribution in [3.63, 3.8) is 0 Å². The minimum Gasteiger partial charge on any atom is -0.370 e. The molecule has 0 radical (unpaired) electrons. The summed E-state index contributed by atoms with van der Waals surface area (Å²) in [7, 11) is 0. The van der Waals surface area contributed by atoms with Gasteiger partial charge in [0, 0.05) is 43.4 Å². The first-order chi connectivity index (χ1) is 9.20. The highest BCUT2D eigenvalue weighted by Crippen LogP contribution is 2.19. The number of hydrogen-bond acceptors (Lipinski definition) is 2. The molecular formula is C14H22ClIN4. The van der Waals surface area contributed by atoms with Crippen LogP contribution in [0.5, 0.6) is 0 Å².